The van der Waals surface area contributed by atoms with Gasteiger partial charge in [0.05, 0.1) is 29.9 Å². The first kappa shape index (κ1) is 22.1. The van der Waals surface area contributed by atoms with Crippen molar-refractivity contribution in [2.75, 3.05) is 45.9 Å². The van der Waals surface area contributed by atoms with E-state index in [1.54, 1.807) is 18.2 Å². The fourth-order valence-electron chi connectivity index (χ4n) is 3.66. The molecule has 158 valence electrons. The van der Waals surface area contributed by atoms with Gasteiger partial charge in [-0.05, 0) is 32.5 Å². The van der Waals surface area contributed by atoms with Gasteiger partial charge in [0.1, 0.15) is 5.70 Å². The number of amides is 2. The third kappa shape index (κ3) is 4.77. The molecule has 0 N–H and O–H groups in total. The Hall–Kier alpha value is -1.60. The molecule has 2 amide bonds. The molecular formula is C21H27Cl2N3O3. The van der Waals surface area contributed by atoms with E-state index in [9.17, 15) is 9.59 Å². The summed E-state index contributed by atoms with van der Waals surface area (Å²) in [5, 5.41) is 0.843. The van der Waals surface area contributed by atoms with Crippen LogP contribution in [-0.4, -0.2) is 78.5 Å². The van der Waals surface area contributed by atoms with Crippen molar-refractivity contribution in [1.29, 1.82) is 0 Å². The van der Waals surface area contributed by atoms with Crippen LogP contribution < -0.4 is 0 Å². The summed E-state index contributed by atoms with van der Waals surface area (Å²) in [6.07, 6.45) is 0.0301. The minimum absolute atomic E-state index is 0.0301. The number of nitrogens with zero attached hydrogens (tertiary/aromatic N) is 3. The van der Waals surface area contributed by atoms with Gasteiger partial charge >= 0.3 is 0 Å². The first-order chi connectivity index (χ1) is 13.8. The number of carbonyl (C=O) groups excluding carboxylic acids is 2. The van der Waals surface area contributed by atoms with E-state index in [1.165, 1.54) is 4.90 Å². The number of halogens is 2. The molecular weight excluding hydrogens is 413 g/mol. The Bertz CT molecular complexity index is 817. The van der Waals surface area contributed by atoms with Crippen LogP contribution in [0.2, 0.25) is 10.0 Å². The van der Waals surface area contributed by atoms with Gasteiger partial charge in [-0.2, -0.15) is 0 Å². The Balaban J connectivity index is 1.95. The average Bonchev–Trinajstić information content (AvgIpc) is 2.92. The standard InChI is InChI=1S/C21H27Cl2N3O3/c1-4-24-7-9-25(10-8-24)19-18(16-6-5-15(22)13-17(16)23)20(27)26(21(19)28)11-12-29-14(2)3/h5-6,13-14H,4,7-12H2,1-3H3. The normalized spacial score (nSPS) is 18.6. The van der Waals surface area contributed by atoms with Crippen molar-refractivity contribution < 1.29 is 14.3 Å². The highest BCUT2D eigenvalue weighted by molar-refractivity contribution is 6.41. The predicted molar refractivity (Wildman–Crippen MR) is 115 cm³/mol. The van der Waals surface area contributed by atoms with E-state index in [1.807, 2.05) is 18.7 Å². The van der Waals surface area contributed by atoms with E-state index in [2.05, 4.69) is 11.8 Å². The van der Waals surface area contributed by atoms with Gasteiger partial charge < -0.3 is 14.5 Å². The van der Waals surface area contributed by atoms with Crippen molar-refractivity contribution in [3.63, 3.8) is 0 Å². The lowest BCUT2D eigenvalue weighted by Gasteiger charge is -2.36. The molecule has 0 saturated carbocycles. The van der Waals surface area contributed by atoms with E-state index in [4.69, 9.17) is 27.9 Å². The lowest BCUT2D eigenvalue weighted by Crippen LogP contribution is -2.47. The van der Waals surface area contributed by atoms with Crippen molar-refractivity contribution in [1.82, 2.24) is 14.7 Å². The molecule has 0 bridgehead atoms. The van der Waals surface area contributed by atoms with Gasteiger partial charge in [0.2, 0.25) is 0 Å². The SMILES string of the molecule is CCN1CCN(C2=C(c3ccc(Cl)cc3Cl)C(=O)N(CCOC(C)C)C2=O)CC1. The Morgan fingerprint density at radius 1 is 1.07 bits per heavy atom. The average molecular weight is 440 g/mol. The number of likely N-dealkylation sites (N-methyl/N-ethyl adjacent to an activating group) is 1. The van der Waals surface area contributed by atoms with E-state index in [0.29, 0.717) is 46.6 Å². The second kappa shape index (κ2) is 9.47. The molecule has 0 spiro atoms. The monoisotopic (exact) mass is 439 g/mol. The van der Waals surface area contributed by atoms with Crippen LogP contribution in [0.25, 0.3) is 5.57 Å². The number of ether oxygens (including phenoxy) is 1. The van der Waals surface area contributed by atoms with Crippen molar-refractivity contribution >= 4 is 40.6 Å². The summed E-state index contributed by atoms with van der Waals surface area (Å²) < 4.78 is 5.56. The molecule has 0 unspecified atom stereocenters. The number of piperazine rings is 1. The number of hydrogen-bond donors (Lipinski definition) is 0. The largest absolute Gasteiger partial charge is 0.377 e. The van der Waals surface area contributed by atoms with Crippen LogP contribution in [-0.2, 0) is 14.3 Å². The fourth-order valence-corrected chi connectivity index (χ4v) is 4.17. The number of imide groups is 1. The zero-order chi connectivity index (χ0) is 21.1. The lowest BCUT2D eigenvalue weighted by molar-refractivity contribution is -0.138. The van der Waals surface area contributed by atoms with Crippen LogP contribution in [0.4, 0.5) is 0 Å². The highest BCUT2D eigenvalue weighted by Gasteiger charge is 2.42. The van der Waals surface area contributed by atoms with Gasteiger partial charge in [0, 0.05) is 36.8 Å². The molecule has 0 aliphatic carbocycles. The third-order valence-electron chi connectivity index (χ3n) is 5.25. The van der Waals surface area contributed by atoms with Crippen LogP contribution in [0.3, 0.4) is 0 Å². The van der Waals surface area contributed by atoms with Crippen LogP contribution in [0.1, 0.15) is 26.3 Å². The second-order valence-electron chi connectivity index (χ2n) is 7.45. The smallest absolute Gasteiger partial charge is 0.277 e. The van der Waals surface area contributed by atoms with Gasteiger partial charge in [-0.3, -0.25) is 14.5 Å². The molecule has 6 nitrogen and oxygen atoms in total. The van der Waals surface area contributed by atoms with Crippen LogP contribution in [0, 0.1) is 0 Å². The molecule has 1 aromatic rings. The quantitative estimate of drug-likeness (QED) is 0.610. The summed E-state index contributed by atoms with van der Waals surface area (Å²) >= 11 is 12.5. The van der Waals surface area contributed by atoms with E-state index < -0.39 is 0 Å². The lowest BCUT2D eigenvalue weighted by atomic mass is 10.0. The van der Waals surface area contributed by atoms with Gasteiger partial charge in [0.15, 0.2) is 0 Å². The molecule has 2 heterocycles. The Morgan fingerprint density at radius 3 is 2.34 bits per heavy atom. The minimum atomic E-state index is -0.334. The maximum Gasteiger partial charge on any atom is 0.277 e. The molecule has 2 aliphatic heterocycles. The van der Waals surface area contributed by atoms with E-state index in [0.717, 1.165) is 19.6 Å². The summed E-state index contributed by atoms with van der Waals surface area (Å²) in [5.41, 5.74) is 1.32. The fraction of sp³-hybridized carbons (Fsp3) is 0.524. The van der Waals surface area contributed by atoms with Crippen molar-refractivity contribution in [2.45, 2.75) is 26.9 Å². The molecule has 0 aromatic heterocycles. The van der Waals surface area contributed by atoms with Crippen molar-refractivity contribution in [3.05, 3.63) is 39.5 Å². The summed E-state index contributed by atoms with van der Waals surface area (Å²) in [6.45, 7) is 10.5. The summed E-state index contributed by atoms with van der Waals surface area (Å²) in [5.74, 6) is -0.618. The Labute approximate surface area is 182 Å². The number of carbonyl (C=O) groups is 2. The summed E-state index contributed by atoms with van der Waals surface area (Å²) in [4.78, 5) is 32.1. The molecule has 0 atom stereocenters. The van der Waals surface area contributed by atoms with E-state index >= 15 is 0 Å². The summed E-state index contributed by atoms with van der Waals surface area (Å²) in [7, 11) is 0. The van der Waals surface area contributed by atoms with Gasteiger partial charge in [-0.15, -0.1) is 0 Å². The Morgan fingerprint density at radius 2 is 1.76 bits per heavy atom. The highest BCUT2D eigenvalue weighted by Crippen LogP contribution is 2.36. The van der Waals surface area contributed by atoms with Crippen LogP contribution in [0.5, 0.6) is 0 Å². The van der Waals surface area contributed by atoms with Crippen molar-refractivity contribution in [2.24, 2.45) is 0 Å². The van der Waals surface area contributed by atoms with Gasteiger partial charge in [-0.1, -0.05) is 36.2 Å². The molecule has 1 aromatic carbocycles. The highest BCUT2D eigenvalue weighted by atomic mass is 35.5. The molecule has 0 radical (unpaired) electrons. The first-order valence-electron chi connectivity index (χ1n) is 9.98. The topological polar surface area (TPSA) is 53.1 Å². The predicted octanol–water partition coefficient (Wildman–Crippen LogP) is 3.14. The minimum Gasteiger partial charge on any atom is -0.377 e. The first-order valence-corrected chi connectivity index (χ1v) is 10.7. The van der Waals surface area contributed by atoms with Crippen molar-refractivity contribution in [3.8, 4) is 0 Å². The molecule has 8 heteroatoms. The maximum atomic E-state index is 13.3. The van der Waals surface area contributed by atoms with Gasteiger partial charge in [0.25, 0.3) is 11.8 Å². The number of hydrogen-bond acceptors (Lipinski definition) is 5. The summed E-state index contributed by atoms with van der Waals surface area (Å²) in [6, 6.07) is 4.99. The zero-order valence-electron chi connectivity index (χ0n) is 17.1. The second-order valence-corrected chi connectivity index (χ2v) is 8.29. The molecule has 29 heavy (non-hydrogen) atoms. The zero-order valence-corrected chi connectivity index (χ0v) is 18.6. The molecule has 3 rings (SSSR count). The van der Waals surface area contributed by atoms with Crippen LogP contribution in [0.15, 0.2) is 23.9 Å². The number of rotatable bonds is 7. The molecule has 1 fully saturated rings. The third-order valence-corrected chi connectivity index (χ3v) is 5.79. The Kier molecular flexibility index (Phi) is 7.22. The number of benzene rings is 1. The molecule has 2 aliphatic rings. The van der Waals surface area contributed by atoms with Crippen LogP contribution >= 0.6 is 23.2 Å². The molecule has 1 saturated heterocycles. The maximum absolute atomic E-state index is 13.3. The van der Waals surface area contributed by atoms with Gasteiger partial charge in [-0.25, -0.2) is 0 Å². The van der Waals surface area contributed by atoms with E-state index in [-0.39, 0.29) is 24.5 Å².